The van der Waals surface area contributed by atoms with E-state index in [4.69, 9.17) is 5.73 Å². The van der Waals surface area contributed by atoms with Gasteiger partial charge in [0.05, 0.1) is 17.8 Å². The predicted octanol–water partition coefficient (Wildman–Crippen LogP) is 1.13. The average molecular weight is 359 g/mol. The first kappa shape index (κ1) is 17.5. The van der Waals surface area contributed by atoms with Gasteiger partial charge in [-0.05, 0) is 25.0 Å². The van der Waals surface area contributed by atoms with Gasteiger partial charge in [0, 0.05) is 32.4 Å². The Morgan fingerprint density at radius 3 is 3.00 bits per heavy atom. The van der Waals surface area contributed by atoms with E-state index in [0.29, 0.717) is 31.1 Å². The second-order valence-electron chi connectivity index (χ2n) is 5.91. The number of aromatic nitrogens is 2. The van der Waals surface area contributed by atoms with Crippen molar-refractivity contribution in [2.75, 3.05) is 26.2 Å². The molecule has 2 aromatic heterocycles. The number of likely N-dealkylation sites (tertiary alicyclic amines) is 1. The van der Waals surface area contributed by atoms with Crippen molar-refractivity contribution in [3.05, 3.63) is 35.5 Å². The standard InChI is InChI=1S/C17H21N5O2S/c18-6-8-20-15(23)12-4-3-9-22(11-12)17(24)14-10-21-16(25-14)13-5-1-2-7-19-13/h1-2,5,7,10,12H,3-4,6,8-9,11,18H2,(H,20,23). The molecule has 1 aliphatic rings. The zero-order valence-electron chi connectivity index (χ0n) is 13.9. The van der Waals surface area contributed by atoms with Gasteiger partial charge in [0.25, 0.3) is 5.91 Å². The van der Waals surface area contributed by atoms with Gasteiger partial charge in [-0.15, -0.1) is 11.3 Å². The number of carbonyl (C=O) groups is 2. The molecule has 2 amide bonds. The highest BCUT2D eigenvalue weighted by Gasteiger charge is 2.29. The Morgan fingerprint density at radius 2 is 2.24 bits per heavy atom. The van der Waals surface area contributed by atoms with E-state index in [2.05, 4.69) is 15.3 Å². The molecule has 3 N–H and O–H groups in total. The van der Waals surface area contributed by atoms with Crippen LogP contribution in [0, 0.1) is 5.92 Å². The highest BCUT2D eigenvalue weighted by Crippen LogP contribution is 2.26. The Hall–Kier alpha value is -2.32. The van der Waals surface area contributed by atoms with E-state index in [1.807, 2.05) is 18.2 Å². The topological polar surface area (TPSA) is 101 Å². The highest BCUT2D eigenvalue weighted by molar-refractivity contribution is 7.16. The van der Waals surface area contributed by atoms with Gasteiger partial charge in [0.1, 0.15) is 9.88 Å². The van der Waals surface area contributed by atoms with Crippen molar-refractivity contribution in [1.29, 1.82) is 0 Å². The molecule has 132 valence electrons. The number of pyridine rings is 1. The van der Waals surface area contributed by atoms with Gasteiger partial charge in [-0.2, -0.15) is 0 Å². The Kier molecular flexibility index (Phi) is 5.72. The lowest BCUT2D eigenvalue weighted by Gasteiger charge is -2.31. The summed E-state index contributed by atoms with van der Waals surface area (Å²) in [4.78, 5) is 35.8. The molecule has 3 rings (SSSR count). The monoisotopic (exact) mass is 359 g/mol. The second-order valence-corrected chi connectivity index (χ2v) is 6.95. The summed E-state index contributed by atoms with van der Waals surface area (Å²) < 4.78 is 0. The molecule has 0 aromatic carbocycles. The highest BCUT2D eigenvalue weighted by atomic mass is 32.1. The number of rotatable bonds is 5. The van der Waals surface area contributed by atoms with Crippen molar-refractivity contribution in [3.63, 3.8) is 0 Å². The quantitative estimate of drug-likeness (QED) is 0.833. The summed E-state index contributed by atoms with van der Waals surface area (Å²) in [5.41, 5.74) is 6.17. The first-order chi connectivity index (χ1) is 12.2. The molecule has 1 fully saturated rings. The molecule has 1 atom stereocenters. The van der Waals surface area contributed by atoms with Gasteiger partial charge in [-0.25, -0.2) is 4.98 Å². The average Bonchev–Trinajstić information content (AvgIpc) is 3.16. The maximum absolute atomic E-state index is 12.8. The van der Waals surface area contributed by atoms with Crippen LogP contribution < -0.4 is 11.1 Å². The van der Waals surface area contributed by atoms with Crippen LogP contribution in [0.25, 0.3) is 10.7 Å². The lowest BCUT2D eigenvalue weighted by Crippen LogP contribution is -2.46. The van der Waals surface area contributed by atoms with Crippen LogP contribution in [0.1, 0.15) is 22.5 Å². The van der Waals surface area contributed by atoms with Crippen LogP contribution in [-0.2, 0) is 4.79 Å². The minimum absolute atomic E-state index is 0.0265. The number of piperidine rings is 1. The summed E-state index contributed by atoms with van der Waals surface area (Å²) in [6.07, 6.45) is 4.91. The number of thiazole rings is 1. The number of carbonyl (C=O) groups excluding carboxylic acids is 2. The van der Waals surface area contributed by atoms with E-state index in [0.717, 1.165) is 23.5 Å². The molecule has 1 aliphatic heterocycles. The van der Waals surface area contributed by atoms with Crippen molar-refractivity contribution in [2.45, 2.75) is 12.8 Å². The zero-order valence-corrected chi connectivity index (χ0v) is 14.7. The van der Waals surface area contributed by atoms with Crippen molar-refractivity contribution >= 4 is 23.2 Å². The van der Waals surface area contributed by atoms with Crippen molar-refractivity contribution < 1.29 is 9.59 Å². The number of amides is 2. The van der Waals surface area contributed by atoms with E-state index in [1.165, 1.54) is 11.3 Å². The molecule has 0 saturated carbocycles. The van der Waals surface area contributed by atoms with Crippen LogP contribution in [0.2, 0.25) is 0 Å². The number of nitrogens with zero attached hydrogens (tertiary/aromatic N) is 3. The second kappa shape index (κ2) is 8.17. The van der Waals surface area contributed by atoms with Crippen LogP contribution in [-0.4, -0.2) is 52.9 Å². The first-order valence-electron chi connectivity index (χ1n) is 8.33. The normalized spacial score (nSPS) is 17.3. The van der Waals surface area contributed by atoms with E-state index in [-0.39, 0.29) is 17.7 Å². The van der Waals surface area contributed by atoms with Gasteiger partial charge in [-0.3, -0.25) is 14.6 Å². The van der Waals surface area contributed by atoms with E-state index in [1.54, 1.807) is 17.3 Å². The summed E-state index contributed by atoms with van der Waals surface area (Å²) in [5, 5.41) is 3.53. The van der Waals surface area contributed by atoms with E-state index in [9.17, 15) is 9.59 Å². The van der Waals surface area contributed by atoms with Crippen LogP contribution >= 0.6 is 11.3 Å². The molecule has 2 aromatic rings. The molecule has 3 heterocycles. The molecule has 0 radical (unpaired) electrons. The summed E-state index contributed by atoms with van der Waals surface area (Å²) in [7, 11) is 0. The lowest BCUT2D eigenvalue weighted by molar-refractivity contribution is -0.126. The van der Waals surface area contributed by atoms with Crippen LogP contribution in [0.3, 0.4) is 0 Å². The van der Waals surface area contributed by atoms with E-state index >= 15 is 0 Å². The molecule has 25 heavy (non-hydrogen) atoms. The van der Waals surface area contributed by atoms with Crippen molar-refractivity contribution in [2.24, 2.45) is 11.7 Å². The predicted molar refractivity (Wildman–Crippen MR) is 96.0 cm³/mol. The maximum atomic E-state index is 12.8. The molecular weight excluding hydrogens is 338 g/mol. The van der Waals surface area contributed by atoms with Gasteiger partial charge in [0.15, 0.2) is 0 Å². The zero-order chi connectivity index (χ0) is 17.6. The molecule has 0 bridgehead atoms. The van der Waals surface area contributed by atoms with Gasteiger partial charge < -0.3 is 16.0 Å². The minimum atomic E-state index is -0.174. The lowest BCUT2D eigenvalue weighted by atomic mass is 9.97. The van der Waals surface area contributed by atoms with Crippen molar-refractivity contribution in [3.8, 4) is 10.7 Å². The fourth-order valence-corrected chi connectivity index (χ4v) is 3.71. The third kappa shape index (κ3) is 4.21. The molecular formula is C17H21N5O2S. The van der Waals surface area contributed by atoms with E-state index < -0.39 is 0 Å². The van der Waals surface area contributed by atoms with Crippen LogP contribution in [0.5, 0.6) is 0 Å². The largest absolute Gasteiger partial charge is 0.355 e. The number of nitrogens with one attached hydrogen (secondary N) is 1. The van der Waals surface area contributed by atoms with Crippen molar-refractivity contribution in [1.82, 2.24) is 20.2 Å². The third-order valence-corrected chi connectivity index (χ3v) is 5.13. The number of nitrogens with two attached hydrogens (primary N) is 1. The molecule has 1 saturated heterocycles. The van der Waals surface area contributed by atoms with Gasteiger partial charge >= 0.3 is 0 Å². The van der Waals surface area contributed by atoms with Crippen LogP contribution in [0.4, 0.5) is 0 Å². The molecule has 1 unspecified atom stereocenters. The SMILES string of the molecule is NCCNC(=O)C1CCCN(C(=O)c2cnc(-c3ccccn3)s2)C1. The Morgan fingerprint density at radius 1 is 1.36 bits per heavy atom. The third-order valence-electron chi connectivity index (χ3n) is 4.12. The smallest absolute Gasteiger partial charge is 0.265 e. The molecule has 7 nitrogen and oxygen atoms in total. The Balaban J connectivity index is 1.66. The Labute approximate surface area is 150 Å². The van der Waals surface area contributed by atoms with Gasteiger partial charge in [0.2, 0.25) is 5.91 Å². The van der Waals surface area contributed by atoms with Gasteiger partial charge in [-0.1, -0.05) is 6.07 Å². The Bertz CT molecular complexity index is 734. The first-order valence-corrected chi connectivity index (χ1v) is 9.15. The summed E-state index contributed by atoms with van der Waals surface area (Å²) in [5.74, 6) is -0.273. The summed E-state index contributed by atoms with van der Waals surface area (Å²) in [6.45, 7) is 1.98. The molecule has 0 spiro atoms. The van der Waals surface area contributed by atoms with Crippen LogP contribution in [0.15, 0.2) is 30.6 Å². The fourth-order valence-electron chi connectivity index (χ4n) is 2.85. The summed E-state index contributed by atoms with van der Waals surface area (Å²) in [6, 6.07) is 5.60. The minimum Gasteiger partial charge on any atom is -0.355 e. The molecule has 8 heteroatoms. The molecule has 0 aliphatic carbocycles. The maximum Gasteiger partial charge on any atom is 0.265 e. The number of hydrogen-bond acceptors (Lipinski definition) is 6. The fraction of sp³-hybridized carbons (Fsp3) is 0.412. The number of hydrogen-bond donors (Lipinski definition) is 2. The summed E-state index contributed by atoms with van der Waals surface area (Å²) >= 11 is 1.33.